The standard InChI is InChI=1S/C19H19N3O3/c1-10-6-3-4-7-11(10)14-15-12(8-5-9-13(15)23)20-17-16(14)18(24)21-19(25)22(17)2/h3-4,6-7,14,20H,5,8-9H2,1-2H3,(H,21,24,25)/t14-/m1/s1. The van der Waals surface area contributed by atoms with Crippen LogP contribution < -0.4 is 16.6 Å². The van der Waals surface area contributed by atoms with Gasteiger partial charge >= 0.3 is 5.69 Å². The van der Waals surface area contributed by atoms with E-state index in [1.807, 2.05) is 31.2 Å². The zero-order valence-electron chi connectivity index (χ0n) is 14.2. The number of fused-ring (bicyclic) bond motifs is 1. The number of allylic oxidation sites excluding steroid dienone is 2. The largest absolute Gasteiger partial charge is 0.344 e. The van der Waals surface area contributed by atoms with Crippen molar-refractivity contribution in [1.82, 2.24) is 9.55 Å². The number of aromatic amines is 1. The van der Waals surface area contributed by atoms with Gasteiger partial charge in [0.1, 0.15) is 5.82 Å². The zero-order valence-corrected chi connectivity index (χ0v) is 14.2. The molecular formula is C19H19N3O3. The van der Waals surface area contributed by atoms with Crippen LogP contribution >= 0.6 is 0 Å². The van der Waals surface area contributed by atoms with Crippen LogP contribution in [0.15, 0.2) is 45.1 Å². The number of nitrogens with one attached hydrogen (secondary N) is 2. The van der Waals surface area contributed by atoms with Crippen molar-refractivity contribution in [2.24, 2.45) is 7.05 Å². The fourth-order valence-electron chi connectivity index (χ4n) is 3.89. The smallest absolute Gasteiger partial charge is 0.329 e. The molecule has 0 amide bonds. The van der Waals surface area contributed by atoms with Gasteiger partial charge in [-0.05, 0) is 30.9 Å². The first-order valence-electron chi connectivity index (χ1n) is 8.41. The predicted molar refractivity (Wildman–Crippen MR) is 94.8 cm³/mol. The number of H-pyrrole nitrogens is 1. The van der Waals surface area contributed by atoms with E-state index in [0.29, 0.717) is 23.4 Å². The van der Waals surface area contributed by atoms with Crippen LogP contribution in [-0.2, 0) is 11.8 Å². The Morgan fingerprint density at radius 2 is 1.88 bits per heavy atom. The van der Waals surface area contributed by atoms with Crippen LogP contribution in [-0.4, -0.2) is 15.3 Å². The minimum atomic E-state index is -0.467. The lowest BCUT2D eigenvalue weighted by Crippen LogP contribution is -2.39. The molecule has 2 heterocycles. The molecule has 0 unspecified atom stereocenters. The number of aromatic nitrogens is 2. The number of benzene rings is 1. The quantitative estimate of drug-likeness (QED) is 0.833. The molecule has 0 spiro atoms. The lowest BCUT2D eigenvalue weighted by molar-refractivity contribution is -0.116. The molecule has 0 saturated carbocycles. The van der Waals surface area contributed by atoms with E-state index < -0.39 is 17.2 Å². The molecule has 1 aromatic carbocycles. The van der Waals surface area contributed by atoms with Crippen LogP contribution in [0, 0.1) is 6.92 Å². The number of Topliss-reactive ketones (excluding diaryl/α,β-unsaturated/α-hetero) is 1. The van der Waals surface area contributed by atoms with Crippen molar-refractivity contribution < 1.29 is 4.79 Å². The summed E-state index contributed by atoms with van der Waals surface area (Å²) in [5.74, 6) is 0.104. The lowest BCUT2D eigenvalue weighted by Gasteiger charge is -2.34. The summed E-state index contributed by atoms with van der Waals surface area (Å²) >= 11 is 0. The van der Waals surface area contributed by atoms with Gasteiger partial charge in [0, 0.05) is 30.7 Å². The number of rotatable bonds is 1. The number of carbonyl (C=O) groups is 1. The van der Waals surface area contributed by atoms with Crippen molar-refractivity contribution in [1.29, 1.82) is 0 Å². The molecule has 0 bridgehead atoms. The Balaban J connectivity index is 2.09. The molecule has 2 N–H and O–H groups in total. The van der Waals surface area contributed by atoms with Crippen molar-refractivity contribution in [3.8, 4) is 0 Å². The van der Waals surface area contributed by atoms with Crippen molar-refractivity contribution >= 4 is 11.6 Å². The maximum absolute atomic E-state index is 12.7. The van der Waals surface area contributed by atoms with Crippen molar-refractivity contribution in [2.45, 2.75) is 32.1 Å². The van der Waals surface area contributed by atoms with Gasteiger partial charge in [-0.1, -0.05) is 24.3 Å². The normalized spacial score (nSPS) is 19.3. The maximum atomic E-state index is 12.7. The maximum Gasteiger partial charge on any atom is 0.329 e. The lowest BCUT2D eigenvalue weighted by atomic mass is 9.75. The molecule has 25 heavy (non-hydrogen) atoms. The second-order valence-corrected chi connectivity index (χ2v) is 6.66. The third kappa shape index (κ3) is 2.28. The van der Waals surface area contributed by atoms with Gasteiger partial charge in [0.2, 0.25) is 0 Å². The third-order valence-corrected chi connectivity index (χ3v) is 5.16. The number of hydrogen-bond donors (Lipinski definition) is 2. The molecule has 6 heteroatoms. The van der Waals surface area contributed by atoms with E-state index in [2.05, 4.69) is 10.3 Å². The molecule has 0 fully saturated rings. The van der Waals surface area contributed by atoms with Crippen molar-refractivity contribution in [3.05, 3.63) is 73.1 Å². The highest BCUT2D eigenvalue weighted by molar-refractivity contribution is 6.01. The first-order chi connectivity index (χ1) is 12.0. The van der Waals surface area contributed by atoms with Gasteiger partial charge in [0.05, 0.1) is 5.56 Å². The first kappa shape index (κ1) is 15.6. The summed E-state index contributed by atoms with van der Waals surface area (Å²) in [5.41, 5.74) is 2.96. The minimum Gasteiger partial charge on any atom is -0.344 e. The fourth-order valence-corrected chi connectivity index (χ4v) is 3.89. The van der Waals surface area contributed by atoms with Gasteiger partial charge in [-0.3, -0.25) is 19.1 Å². The molecule has 6 nitrogen and oxygen atoms in total. The van der Waals surface area contributed by atoms with Crippen LogP contribution in [0.25, 0.3) is 0 Å². The molecule has 128 valence electrons. The van der Waals surface area contributed by atoms with E-state index in [0.717, 1.165) is 29.7 Å². The summed E-state index contributed by atoms with van der Waals surface area (Å²) in [7, 11) is 1.62. The third-order valence-electron chi connectivity index (χ3n) is 5.16. The van der Waals surface area contributed by atoms with Gasteiger partial charge in [0.25, 0.3) is 5.56 Å². The summed E-state index contributed by atoms with van der Waals surface area (Å²) in [6.07, 6.45) is 2.00. The van der Waals surface area contributed by atoms with Gasteiger partial charge in [-0.2, -0.15) is 0 Å². The van der Waals surface area contributed by atoms with Gasteiger partial charge in [-0.25, -0.2) is 4.79 Å². The molecule has 2 aromatic rings. The van der Waals surface area contributed by atoms with Crippen LogP contribution in [0.2, 0.25) is 0 Å². The van der Waals surface area contributed by atoms with Gasteiger partial charge in [-0.15, -0.1) is 0 Å². The van der Waals surface area contributed by atoms with Crippen LogP contribution in [0.1, 0.15) is 41.9 Å². The molecule has 1 aromatic heterocycles. The summed E-state index contributed by atoms with van der Waals surface area (Å²) in [6.45, 7) is 1.97. The molecular weight excluding hydrogens is 318 g/mol. The molecule has 1 aliphatic carbocycles. The fraction of sp³-hybridized carbons (Fsp3) is 0.316. The van der Waals surface area contributed by atoms with E-state index >= 15 is 0 Å². The number of anilines is 1. The van der Waals surface area contributed by atoms with E-state index in [4.69, 9.17) is 0 Å². The summed E-state index contributed by atoms with van der Waals surface area (Å²) in [4.78, 5) is 39.8. The number of ketones is 1. The highest BCUT2D eigenvalue weighted by Crippen LogP contribution is 2.43. The molecule has 4 rings (SSSR count). The van der Waals surface area contributed by atoms with Gasteiger partial charge < -0.3 is 5.32 Å². The number of aryl methyl sites for hydroxylation is 1. The Morgan fingerprint density at radius 3 is 2.64 bits per heavy atom. The number of carbonyl (C=O) groups excluding carboxylic acids is 1. The average molecular weight is 337 g/mol. The minimum absolute atomic E-state index is 0.0703. The SMILES string of the molecule is Cc1ccccc1[C@@H]1C2=C(CCCC2=O)Nc2c1c(=O)[nH]c(=O)n2C. The second-order valence-electron chi connectivity index (χ2n) is 6.66. The highest BCUT2D eigenvalue weighted by Gasteiger charge is 2.38. The van der Waals surface area contributed by atoms with Crippen LogP contribution in [0.3, 0.4) is 0 Å². The van der Waals surface area contributed by atoms with Crippen LogP contribution in [0.5, 0.6) is 0 Å². The molecule has 0 saturated heterocycles. The van der Waals surface area contributed by atoms with Gasteiger partial charge in [0.15, 0.2) is 5.78 Å². The molecule has 1 atom stereocenters. The Morgan fingerprint density at radius 1 is 1.12 bits per heavy atom. The zero-order chi connectivity index (χ0) is 17.7. The average Bonchev–Trinajstić information content (AvgIpc) is 2.59. The molecule has 1 aliphatic heterocycles. The summed E-state index contributed by atoms with van der Waals surface area (Å²) in [6, 6.07) is 7.77. The highest BCUT2D eigenvalue weighted by atomic mass is 16.2. The van der Waals surface area contributed by atoms with E-state index in [1.165, 1.54) is 4.57 Å². The Labute approximate surface area is 144 Å². The second kappa shape index (κ2) is 5.58. The Hall–Kier alpha value is -2.89. The first-order valence-corrected chi connectivity index (χ1v) is 8.41. The summed E-state index contributed by atoms with van der Waals surface area (Å²) in [5, 5.41) is 3.20. The molecule has 0 radical (unpaired) electrons. The van der Waals surface area contributed by atoms with Crippen molar-refractivity contribution in [2.75, 3.05) is 5.32 Å². The Kier molecular flexibility index (Phi) is 3.49. The van der Waals surface area contributed by atoms with E-state index in [-0.39, 0.29) is 5.78 Å². The monoisotopic (exact) mass is 337 g/mol. The predicted octanol–water partition coefficient (Wildman–Crippen LogP) is 1.95. The van der Waals surface area contributed by atoms with E-state index in [1.54, 1.807) is 7.05 Å². The number of nitrogens with zero attached hydrogens (tertiary/aromatic N) is 1. The van der Waals surface area contributed by atoms with Crippen molar-refractivity contribution in [3.63, 3.8) is 0 Å². The Bertz CT molecular complexity index is 1040. The molecule has 2 aliphatic rings. The number of hydrogen-bond acceptors (Lipinski definition) is 4. The van der Waals surface area contributed by atoms with E-state index in [9.17, 15) is 14.4 Å². The van der Waals surface area contributed by atoms with Crippen LogP contribution in [0.4, 0.5) is 5.82 Å². The topological polar surface area (TPSA) is 84.0 Å². The summed E-state index contributed by atoms with van der Waals surface area (Å²) < 4.78 is 1.41.